The molecule has 0 unspecified atom stereocenters. The summed E-state index contributed by atoms with van der Waals surface area (Å²) in [4.78, 5) is 19.2. The number of rotatable bonds is 2. The Kier molecular flexibility index (Phi) is 4.07. The topological polar surface area (TPSA) is 82.2 Å². The van der Waals surface area contributed by atoms with Gasteiger partial charge in [0.2, 0.25) is 0 Å². The van der Waals surface area contributed by atoms with Crippen molar-refractivity contribution in [2.75, 3.05) is 12.0 Å². The van der Waals surface area contributed by atoms with Gasteiger partial charge in [-0.2, -0.15) is 5.10 Å². The van der Waals surface area contributed by atoms with E-state index in [0.29, 0.717) is 24.5 Å². The Morgan fingerprint density at radius 1 is 1.33 bits per heavy atom. The van der Waals surface area contributed by atoms with Crippen molar-refractivity contribution < 1.29 is 4.79 Å². The average Bonchev–Trinajstić information content (AvgIpc) is 2.70. The summed E-state index contributed by atoms with van der Waals surface area (Å²) in [6, 6.07) is 5.54. The average molecular weight is 413 g/mol. The highest BCUT2D eigenvalue weighted by atomic mass is 79.9. The van der Waals surface area contributed by atoms with Crippen molar-refractivity contribution in [1.29, 1.82) is 0 Å². The number of nitrogens with zero attached hydrogens (tertiary/aromatic N) is 2. The van der Waals surface area contributed by atoms with E-state index in [9.17, 15) is 4.79 Å². The van der Waals surface area contributed by atoms with E-state index in [2.05, 4.69) is 57.7 Å². The molecule has 0 aromatic carbocycles. The summed E-state index contributed by atoms with van der Waals surface area (Å²) in [5.74, 6) is 0.514. The van der Waals surface area contributed by atoms with Gasteiger partial charge in [-0.05, 0) is 44.0 Å². The van der Waals surface area contributed by atoms with Crippen LogP contribution >= 0.6 is 31.9 Å². The van der Waals surface area contributed by atoms with Gasteiger partial charge in [-0.25, -0.2) is 4.98 Å². The normalized spacial score (nSPS) is 16.3. The summed E-state index contributed by atoms with van der Waals surface area (Å²) >= 11 is 6.87. The van der Waals surface area contributed by atoms with Crippen molar-refractivity contribution >= 4 is 49.3 Å². The first kappa shape index (κ1) is 14.3. The Morgan fingerprint density at radius 3 is 2.95 bits per heavy atom. The van der Waals surface area contributed by atoms with E-state index < -0.39 is 0 Å². The highest BCUT2D eigenvalue weighted by Gasteiger charge is 2.26. The maximum absolute atomic E-state index is 12.0. The summed E-state index contributed by atoms with van der Waals surface area (Å²) in [5.41, 5.74) is 4.96. The Morgan fingerprint density at radius 2 is 2.19 bits per heavy atom. The molecule has 2 aromatic heterocycles. The van der Waals surface area contributed by atoms with Crippen LogP contribution in [0.1, 0.15) is 22.5 Å². The third-order valence-electron chi connectivity index (χ3n) is 3.03. The minimum atomic E-state index is -0.139. The molecular formula is C13H11Br2N5O. The van der Waals surface area contributed by atoms with Crippen LogP contribution in [0.2, 0.25) is 0 Å². The number of amides is 1. The van der Waals surface area contributed by atoms with Gasteiger partial charge in [0.15, 0.2) is 0 Å². The molecule has 0 spiro atoms. The first-order valence-electron chi connectivity index (χ1n) is 6.26. The van der Waals surface area contributed by atoms with Crippen LogP contribution in [-0.2, 0) is 0 Å². The lowest BCUT2D eigenvalue weighted by molar-refractivity contribution is 0.0951. The number of nitrogens with one attached hydrogen (secondary N) is 3. The number of H-pyrrole nitrogens is 1. The molecule has 6 nitrogen and oxygen atoms in total. The van der Waals surface area contributed by atoms with Crippen LogP contribution in [0.5, 0.6) is 0 Å². The first-order chi connectivity index (χ1) is 10.2. The molecule has 0 aliphatic carbocycles. The van der Waals surface area contributed by atoms with Crippen LogP contribution in [0.25, 0.3) is 0 Å². The number of halogens is 2. The van der Waals surface area contributed by atoms with Crippen molar-refractivity contribution in [3.63, 3.8) is 0 Å². The van der Waals surface area contributed by atoms with Gasteiger partial charge in [0.25, 0.3) is 5.91 Å². The molecule has 21 heavy (non-hydrogen) atoms. The lowest BCUT2D eigenvalue weighted by Gasteiger charge is -2.05. The summed E-state index contributed by atoms with van der Waals surface area (Å²) < 4.78 is 1.51. The molecule has 0 saturated carbocycles. The van der Waals surface area contributed by atoms with Gasteiger partial charge >= 0.3 is 0 Å². The number of pyridine rings is 1. The van der Waals surface area contributed by atoms with Crippen LogP contribution in [0, 0.1) is 0 Å². The second-order valence-electron chi connectivity index (χ2n) is 4.39. The van der Waals surface area contributed by atoms with Gasteiger partial charge in [-0.3, -0.25) is 10.2 Å². The minimum Gasteiger partial charge on any atom is -0.350 e. The summed E-state index contributed by atoms with van der Waals surface area (Å²) in [5, 5.41) is 7.24. The Labute approximate surface area is 137 Å². The predicted molar refractivity (Wildman–Crippen MR) is 87.5 cm³/mol. The number of aromatic amines is 1. The summed E-state index contributed by atoms with van der Waals surface area (Å²) in [7, 11) is 0. The largest absolute Gasteiger partial charge is 0.350 e. The molecule has 3 heterocycles. The Balaban J connectivity index is 1.99. The molecule has 108 valence electrons. The number of anilines is 1. The smallest absolute Gasteiger partial charge is 0.268 e. The molecule has 1 aliphatic rings. The van der Waals surface area contributed by atoms with E-state index in [1.807, 2.05) is 18.2 Å². The van der Waals surface area contributed by atoms with Crippen molar-refractivity contribution in [3.8, 4) is 0 Å². The highest BCUT2D eigenvalue weighted by molar-refractivity contribution is 9.13. The standard InChI is InChI=1S/C13H11Br2N5O/c14-10-9-7(19-20-8-3-1-2-5-16-8)4-6-17-13(21)11(9)18-12(10)15/h1-3,5,18H,4,6H2,(H,16,20)(H,17,21)/b19-7-. The maximum Gasteiger partial charge on any atom is 0.268 e. The molecule has 2 aromatic rings. The monoisotopic (exact) mass is 411 g/mol. The highest BCUT2D eigenvalue weighted by Crippen LogP contribution is 2.31. The van der Waals surface area contributed by atoms with E-state index in [1.54, 1.807) is 6.20 Å². The zero-order valence-corrected chi connectivity index (χ0v) is 14.0. The van der Waals surface area contributed by atoms with E-state index in [0.717, 1.165) is 20.4 Å². The fraction of sp³-hybridized carbons (Fsp3) is 0.154. The minimum absolute atomic E-state index is 0.139. The molecular weight excluding hydrogens is 402 g/mol. The van der Waals surface area contributed by atoms with Crippen molar-refractivity contribution in [1.82, 2.24) is 15.3 Å². The predicted octanol–water partition coefficient (Wildman–Crippen LogP) is 2.88. The second kappa shape index (κ2) is 5.98. The number of aromatic nitrogens is 2. The van der Waals surface area contributed by atoms with Gasteiger partial charge < -0.3 is 10.3 Å². The van der Waals surface area contributed by atoms with E-state index in [4.69, 9.17) is 0 Å². The van der Waals surface area contributed by atoms with Gasteiger partial charge in [-0.15, -0.1) is 0 Å². The number of carbonyl (C=O) groups is 1. The molecule has 0 radical (unpaired) electrons. The van der Waals surface area contributed by atoms with Gasteiger partial charge in [0, 0.05) is 24.7 Å². The van der Waals surface area contributed by atoms with Crippen molar-refractivity contribution in [3.05, 3.63) is 44.7 Å². The third-order valence-corrected chi connectivity index (χ3v) is 4.95. The van der Waals surface area contributed by atoms with Crippen LogP contribution in [-0.4, -0.2) is 28.1 Å². The number of carbonyl (C=O) groups excluding carboxylic acids is 1. The molecule has 3 rings (SSSR count). The molecule has 0 bridgehead atoms. The Bertz CT molecular complexity index is 711. The SMILES string of the molecule is O=C1NCC/C(=N/Nc2ccccn2)c2c1[nH]c(Br)c2Br. The zero-order valence-electron chi connectivity index (χ0n) is 10.8. The number of hydrogen-bond donors (Lipinski definition) is 3. The van der Waals surface area contributed by atoms with Crippen LogP contribution in [0.3, 0.4) is 0 Å². The first-order valence-corrected chi connectivity index (χ1v) is 7.84. The molecule has 1 aliphatic heterocycles. The molecule has 3 N–H and O–H groups in total. The van der Waals surface area contributed by atoms with Crippen LogP contribution in [0.4, 0.5) is 5.82 Å². The van der Waals surface area contributed by atoms with Crippen LogP contribution < -0.4 is 10.7 Å². The van der Waals surface area contributed by atoms with E-state index in [-0.39, 0.29) is 5.91 Å². The van der Waals surface area contributed by atoms with Crippen molar-refractivity contribution in [2.24, 2.45) is 5.10 Å². The summed E-state index contributed by atoms with van der Waals surface area (Å²) in [6.07, 6.45) is 2.32. The number of fused-ring (bicyclic) bond motifs is 1. The quantitative estimate of drug-likeness (QED) is 0.663. The number of hydrogen-bond acceptors (Lipinski definition) is 4. The second-order valence-corrected chi connectivity index (χ2v) is 5.98. The fourth-order valence-corrected chi connectivity index (χ4v) is 2.98. The third kappa shape index (κ3) is 2.86. The van der Waals surface area contributed by atoms with Crippen LogP contribution in [0.15, 0.2) is 38.6 Å². The van der Waals surface area contributed by atoms with E-state index in [1.165, 1.54) is 0 Å². The maximum atomic E-state index is 12.0. The fourth-order valence-electron chi connectivity index (χ4n) is 2.06. The lowest BCUT2D eigenvalue weighted by atomic mass is 10.1. The summed E-state index contributed by atoms with van der Waals surface area (Å²) in [6.45, 7) is 0.536. The Hall–Kier alpha value is -1.67. The van der Waals surface area contributed by atoms with Gasteiger partial charge in [0.1, 0.15) is 11.5 Å². The molecule has 1 amide bonds. The van der Waals surface area contributed by atoms with Gasteiger partial charge in [-0.1, -0.05) is 6.07 Å². The van der Waals surface area contributed by atoms with Gasteiger partial charge in [0.05, 0.1) is 14.8 Å². The molecule has 0 atom stereocenters. The molecule has 0 saturated heterocycles. The lowest BCUT2D eigenvalue weighted by Crippen LogP contribution is -2.23. The molecule has 0 fully saturated rings. The number of hydrazone groups is 1. The molecule has 8 heteroatoms. The van der Waals surface area contributed by atoms with Crippen molar-refractivity contribution in [2.45, 2.75) is 6.42 Å². The zero-order chi connectivity index (χ0) is 14.8. The van der Waals surface area contributed by atoms with E-state index >= 15 is 0 Å².